The van der Waals surface area contributed by atoms with E-state index in [1.54, 1.807) is 19.5 Å². The van der Waals surface area contributed by atoms with Gasteiger partial charge in [-0.05, 0) is 50.2 Å². The molecule has 35 heavy (non-hydrogen) atoms. The Balaban J connectivity index is 1.36. The number of benzene rings is 1. The van der Waals surface area contributed by atoms with Crippen molar-refractivity contribution in [2.24, 2.45) is 0 Å². The van der Waals surface area contributed by atoms with Gasteiger partial charge in [-0.25, -0.2) is 9.97 Å². The lowest BCUT2D eigenvalue weighted by Crippen LogP contribution is -2.48. The van der Waals surface area contributed by atoms with E-state index in [0.29, 0.717) is 11.9 Å². The van der Waals surface area contributed by atoms with E-state index >= 15 is 0 Å². The summed E-state index contributed by atoms with van der Waals surface area (Å²) in [5.74, 6) is 0.442. The Morgan fingerprint density at radius 2 is 1.69 bits per heavy atom. The minimum absolute atomic E-state index is 0.260. The summed E-state index contributed by atoms with van der Waals surface area (Å²) in [6, 6.07) is 13.5. The van der Waals surface area contributed by atoms with Gasteiger partial charge < -0.3 is 19.7 Å². The monoisotopic (exact) mass is 473 g/mol. The first-order chi connectivity index (χ1) is 17.1. The van der Waals surface area contributed by atoms with Gasteiger partial charge in [-0.2, -0.15) is 4.98 Å². The summed E-state index contributed by atoms with van der Waals surface area (Å²) in [4.78, 5) is 18.1. The number of nitrogens with one attached hydrogen (secondary N) is 1. The van der Waals surface area contributed by atoms with Crippen molar-refractivity contribution < 1.29 is 9.47 Å². The molecule has 0 atom stereocenters. The van der Waals surface area contributed by atoms with Gasteiger partial charge in [0.25, 0.3) is 0 Å². The minimum Gasteiger partial charge on any atom is -0.480 e. The van der Waals surface area contributed by atoms with E-state index < -0.39 is 0 Å². The van der Waals surface area contributed by atoms with Gasteiger partial charge >= 0.3 is 6.01 Å². The van der Waals surface area contributed by atoms with Crippen LogP contribution in [0.4, 0.5) is 17.1 Å². The molecule has 9 heteroatoms. The molecule has 9 nitrogen and oxygen atoms in total. The van der Waals surface area contributed by atoms with E-state index in [4.69, 9.17) is 9.47 Å². The molecule has 4 aromatic rings. The molecule has 0 radical (unpaired) electrons. The van der Waals surface area contributed by atoms with Crippen molar-refractivity contribution in [3.05, 3.63) is 55.0 Å². The highest BCUT2D eigenvalue weighted by Crippen LogP contribution is 2.32. The topological polar surface area (TPSA) is 80.1 Å². The second-order valence-electron chi connectivity index (χ2n) is 8.82. The predicted molar refractivity (Wildman–Crippen MR) is 138 cm³/mol. The van der Waals surface area contributed by atoms with Gasteiger partial charge in [0, 0.05) is 62.2 Å². The van der Waals surface area contributed by atoms with Crippen molar-refractivity contribution in [2.45, 2.75) is 19.9 Å². The highest BCUT2D eigenvalue weighted by molar-refractivity contribution is 5.79. The fourth-order valence-corrected chi connectivity index (χ4v) is 4.52. The lowest BCUT2D eigenvalue weighted by molar-refractivity contribution is 0.209. The van der Waals surface area contributed by atoms with Crippen LogP contribution in [0.5, 0.6) is 11.9 Å². The zero-order chi connectivity index (χ0) is 24.4. The molecule has 0 aliphatic carbocycles. The summed E-state index contributed by atoms with van der Waals surface area (Å²) in [6.45, 7) is 8.85. The summed E-state index contributed by atoms with van der Waals surface area (Å²) in [5, 5.41) is 3.52. The molecule has 182 valence electrons. The first-order valence-electron chi connectivity index (χ1n) is 11.8. The fourth-order valence-electron chi connectivity index (χ4n) is 4.52. The summed E-state index contributed by atoms with van der Waals surface area (Å²) in [5.41, 5.74) is 5.60. The van der Waals surface area contributed by atoms with Gasteiger partial charge in [-0.3, -0.25) is 9.30 Å². The molecule has 1 aliphatic heterocycles. The van der Waals surface area contributed by atoms with E-state index in [2.05, 4.69) is 68.2 Å². The number of pyridine rings is 1. The normalized spacial score (nSPS) is 14.5. The van der Waals surface area contributed by atoms with Crippen LogP contribution in [0.1, 0.15) is 13.8 Å². The molecule has 5 rings (SSSR count). The first-order valence-corrected chi connectivity index (χ1v) is 11.8. The highest BCUT2D eigenvalue weighted by atomic mass is 16.5. The summed E-state index contributed by atoms with van der Waals surface area (Å²) >= 11 is 0. The van der Waals surface area contributed by atoms with Crippen molar-refractivity contribution in [1.82, 2.24) is 24.3 Å². The Morgan fingerprint density at radius 1 is 0.914 bits per heavy atom. The lowest BCUT2D eigenvalue weighted by Gasteiger charge is -2.38. The molecule has 1 aromatic carbocycles. The summed E-state index contributed by atoms with van der Waals surface area (Å²) < 4.78 is 12.6. The maximum absolute atomic E-state index is 5.49. The third-order valence-corrected chi connectivity index (χ3v) is 6.49. The molecule has 0 amide bonds. The third kappa shape index (κ3) is 4.59. The number of anilines is 3. The molecule has 1 fully saturated rings. The van der Waals surface area contributed by atoms with Gasteiger partial charge in [0.2, 0.25) is 5.88 Å². The van der Waals surface area contributed by atoms with Crippen molar-refractivity contribution in [3.63, 3.8) is 0 Å². The van der Waals surface area contributed by atoms with Crippen LogP contribution >= 0.6 is 0 Å². The molecule has 1 aliphatic rings. The Labute approximate surface area is 205 Å². The second kappa shape index (κ2) is 9.79. The van der Waals surface area contributed by atoms with E-state index in [-0.39, 0.29) is 6.01 Å². The number of fused-ring (bicyclic) bond motifs is 1. The standard InChI is InChI=1S/C26H31N7O2/c1-18(2)31-13-15-32(16-14-31)20-7-5-19(6-8-20)29-22-9-10-23(33-12-11-27-24(22)33)21-17-28-26(35-4)30-25(21)34-3/h5-12,17-18,29H,13-16H2,1-4H3. The second-order valence-corrected chi connectivity index (χ2v) is 8.82. The van der Waals surface area contributed by atoms with Gasteiger partial charge in [-0.15, -0.1) is 0 Å². The molecule has 4 heterocycles. The molecule has 0 spiro atoms. The minimum atomic E-state index is 0.260. The van der Waals surface area contributed by atoms with Crippen molar-refractivity contribution in [2.75, 3.05) is 50.6 Å². The Bertz CT molecular complexity index is 1300. The van der Waals surface area contributed by atoms with Crippen molar-refractivity contribution in [1.29, 1.82) is 0 Å². The molecule has 0 saturated carbocycles. The maximum Gasteiger partial charge on any atom is 0.319 e. The number of piperazine rings is 1. The van der Waals surface area contributed by atoms with E-state index in [1.165, 1.54) is 12.8 Å². The van der Waals surface area contributed by atoms with Crippen LogP contribution in [0.25, 0.3) is 16.9 Å². The maximum atomic E-state index is 5.49. The predicted octanol–water partition coefficient (Wildman–Crippen LogP) is 4.08. The Kier molecular flexibility index (Phi) is 6.41. The highest BCUT2D eigenvalue weighted by Gasteiger charge is 2.19. The molecule has 1 saturated heterocycles. The zero-order valence-electron chi connectivity index (χ0n) is 20.6. The van der Waals surface area contributed by atoms with Gasteiger partial charge in [0.1, 0.15) is 0 Å². The van der Waals surface area contributed by atoms with Crippen molar-refractivity contribution in [3.8, 4) is 23.1 Å². The smallest absolute Gasteiger partial charge is 0.319 e. The van der Waals surface area contributed by atoms with Gasteiger partial charge in [0.15, 0.2) is 5.65 Å². The average Bonchev–Trinajstić information content (AvgIpc) is 3.40. The summed E-state index contributed by atoms with van der Waals surface area (Å²) in [6.07, 6.45) is 5.40. The fraction of sp³-hybridized carbons (Fsp3) is 0.346. The van der Waals surface area contributed by atoms with Gasteiger partial charge in [0.05, 0.1) is 31.2 Å². The van der Waals surface area contributed by atoms with E-state index in [1.807, 2.05) is 22.7 Å². The number of imidazole rings is 1. The van der Waals surface area contributed by atoms with Crippen LogP contribution in [0, 0.1) is 0 Å². The number of hydrogen-bond acceptors (Lipinski definition) is 8. The average molecular weight is 474 g/mol. The molecule has 3 aromatic heterocycles. The number of aromatic nitrogens is 4. The van der Waals surface area contributed by atoms with Crippen LogP contribution < -0.4 is 19.7 Å². The number of ether oxygens (including phenoxy) is 2. The van der Waals surface area contributed by atoms with Crippen LogP contribution in [-0.2, 0) is 0 Å². The van der Waals surface area contributed by atoms with Gasteiger partial charge in [-0.1, -0.05) is 0 Å². The zero-order valence-corrected chi connectivity index (χ0v) is 20.6. The Hall–Kier alpha value is -3.85. The SMILES string of the molecule is COc1ncc(-c2ccc(Nc3ccc(N4CCN(C(C)C)CC4)cc3)c3nccn23)c(OC)n1. The van der Waals surface area contributed by atoms with E-state index in [0.717, 1.165) is 54.5 Å². The molecule has 0 unspecified atom stereocenters. The van der Waals surface area contributed by atoms with E-state index in [9.17, 15) is 0 Å². The van der Waals surface area contributed by atoms with Crippen LogP contribution in [-0.4, -0.2) is 70.7 Å². The Morgan fingerprint density at radius 3 is 2.37 bits per heavy atom. The number of hydrogen-bond donors (Lipinski definition) is 1. The first kappa shape index (κ1) is 22.9. The van der Waals surface area contributed by atoms with Crippen molar-refractivity contribution >= 4 is 22.7 Å². The molecule has 1 N–H and O–H groups in total. The van der Waals surface area contributed by atoms with Crippen LogP contribution in [0.2, 0.25) is 0 Å². The molecular formula is C26H31N7O2. The number of nitrogens with zero attached hydrogens (tertiary/aromatic N) is 6. The largest absolute Gasteiger partial charge is 0.480 e. The lowest BCUT2D eigenvalue weighted by atomic mass is 10.2. The number of methoxy groups -OCH3 is 2. The van der Waals surface area contributed by atoms with Crippen LogP contribution in [0.15, 0.2) is 55.0 Å². The molecular weight excluding hydrogens is 442 g/mol. The quantitative estimate of drug-likeness (QED) is 0.430. The summed E-state index contributed by atoms with van der Waals surface area (Å²) in [7, 11) is 3.11. The number of rotatable bonds is 7. The molecule has 0 bridgehead atoms. The van der Waals surface area contributed by atoms with Crippen LogP contribution in [0.3, 0.4) is 0 Å². The third-order valence-electron chi connectivity index (χ3n) is 6.49.